The molecule has 4 rings (SSSR count). The Labute approximate surface area is 202 Å². The highest BCUT2D eigenvalue weighted by Gasteiger charge is 2.34. The molecule has 0 N–H and O–H groups in total. The second-order valence-electron chi connectivity index (χ2n) is 9.09. The van der Waals surface area contributed by atoms with Crippen molar-refractivity contribution in [3.63, 3.8) is 0 Å². The summed E-state index contributed by atoms with van der Waals surface area (Å²) in [5, 5.41) is 0. The quantitative estimate of drug-likeness (QED) is 0.369. The first-order valence-corrected chi connectivity index (χ1v) is 11.9. The van der Waals surface area contributed by atoms with E-state index in [-0.39, 0.29) is 34.4 Å². The fourth-order valence-corrected chi connectivity index (χ4v) is 4.98. The van der Waals surface area contributed by atoms with Gasteiger partial charge in [-0.2, -0.15) is 4.98 Å². The number of rotatable bonds is 4. The molecule has 0 atom stereocenters. The Hall–Kier alpha value is -2.97. The first kappa shape index (κ1) is 23.2. The number of fused-ring (bicyclic) bond motifs is 1. The molecule has 2 aromatic heterocycles. The van der Waals surface area contributed by atoms with Gasteiger partial charge in [0.15, 0.2) is 0 Å². The maximum absolute atomic E-state index is 13.3. The predicted molar refractivity (Wildman–Crippen MR) is 137 cm³/mol. The van der Waals surface area contributed by atoms with Gasteiger partial charge in [0.1, 0.15) is 21.3 Å². The van der Waals surface area contributed by atoms with Crippen LogP contribution in [0.2, 0.25) is 0 Å². The third kappa shape index (κ3) is 4.58. The third-order valence-electron chi connectivity index (χ3n) is 5.28. The van der Waals surface area contributed by atoms with Gasteiger partial charge in [0, 0.05) is 12.2 Å². The van der Waals surface area contributed by atoms with Crippen LogP contribution in [0.5, 0.6) is 11.6 Å². The molecule has 3 heterocycles. The van der Waals surface area contributed by atoms with E-state index in [2.05, 4.69) is 25.8 Å². The van der Waals surface area contributed by atoms with Crippen molar-refractivity contribution in [3.8, 4) is 11.6 Å². The molecule has 1 saturated heterocycles. The summed E-state index contributed by atoms with van der Waals surface area (Å²) < 4.78 is 7.98. The first-order valence-electron chi connectivity index (χ1n) is 10.6. The number of ether oxygens (including phenoxy) is 1. The average molecular weight is 480 g/mol. The molecule has 8 heteroatoms. The minimum absolute atomic E-state index is 0.00883. The van der Waals surface area contributed by atoms with E-state index in [1.165, 1.54) is 27.8 Å². The molecular formula is C25H25N3O3S2. The number of hydrogen-bond acceptors (Lipinski definition) is 6. The van der Waals surface area contributed by atoms with E-state index < -0.39 is 0 Å². The van der Waals surface area contributed by atoms with Crippen LogP contribution in [-0.4, -0.2) is 30.6 Å². The summed E-state index contributed by atoms with van der Waals surface area (Å²) in [5.74, 6) is 0.474. The lowest BCUT2D eigenvalue weighted by molar-refractivity contribution is -0.123. The van der Waals surface area contributed by atoms with E-state index in [1.54, 1.807) is 29.3 Å². The SMILES string of the molecule is CC(C)N1C(=O)/C(=C/c2c(Oc3ccc(C(C)(C)C)cc3)nc3ccccn3c2=O)SC1=S. The maximum atomic E-state index is 13.3. The van der Waals surface area contributed by atoms with Crippen molar-refractivity contribution in [2.24, 2.45) is 0 Å². The summed E-state index contributed by atoms with van der Waals surface area (Å²) in [5.41, 5.74) is 1.50. The van der Waals surface area contributed by atoms with Gasteiger partial charge >= 0.3 is 0 Å². The van der Waals surface area contributed by atoms with Gasteiger partial charge in [-0.1, -0.05) is 63.0 Å². The number of carbonyl (C=O) groups is 1. The van der Waals surface area contributed by atoms with E-state index in [0.717, 1.165) is 0 Å². The highest BCUT2D eigenvalue weighted by molar-refractivity contribution is 8.26. The van der Waals surface area contributed by atoms with Gasteiger partial charge in [-0.3, -0.25) is 18.9 Å². The minimum Gasteiger partial charge on any atom is -0.438 e. The molecule has 6 nitrogen and oxygen atoms in total. The molecule has 0 aliphatic carbocycles. The Morgan fingerprint density at radius 3 is 2.39 bits per heavy atom. The molecule has 33 heavy (non-hydrogen) atoms. The highest BCUT2D eigenvalue weighted by Crippen LogP contribution is 2.35. The highest BCUT2D eigenvalue weighted by atomic mass is 32.2. The zero-order valence-corrected chi connectivity index (χ0v) is 20.8. The summed E-state index contributed by atoms with van der Waals surface area (Å²) >= 11 is 6.55. The van der Waals surface area contributed by atoms with Crippen LogP contribution in [0.1, 0.15) is 45.7 Å². The fraction of sp³-hybridized carbons (Fsp3) is 0.280. The van der Waals surface area contributed by atoms with Crippen molar-refractivity contribution in [3.05, 3.63) is 75.0 Å². The van der Waals surface area contributed by atoms with Crippen molar-refractivity contribution in [2.75, 3.05) is 0 Å². The third-order valence-corrected chi connectivity index (χ3v) is 6.61. The Balaban J connectivity index is 1.81. The second-order valence-corrected chi connectivity index (χ2v) is 10.8. The largest absolute Gasteiger partial charge is 0.438 e. The van der Waals surface area contributed by atoms with Gasteiger partial charge < -0.3 is 4.74 Å². The number of aromatic nitrogens is 2. The van der Waals surface area contributed by atoms with Crippen LogP contribution in [0.4, 0.5) is 0 Å². The Morgan fingerprint density at radius 1 is 1.09 bits per heavy atom. The van der Waals surface area contributed by atoms with E-state index in [0.29, 0.717) is 20.6 Å². The standard InChI is InChI=1S/C25H25N3O3S2/c1-15(2)28-23(30)19(33-24(28)32)14-18-21(26-20-8-6-7-13-27(20)22(18)29)31-17-11-9-16(10-12-17)25(3,4)5/h6-15H,1-5H3/b19-14-. The van der Waals surface area contributed by atoms with Crippen molar-refractivity contribution < 1.29 is 9.53 Å². The smallest absolute Gasteiger partial charge is 0.269 e. The van der Waals surface area contributed by atoms with Crippen LogP contribution in [0.15, 0.2) is 58.4 Å². The second kappa shape index (κ2) is 8.76. The lowest BCUT2D eigenvalue weighted by Gasteiger charge is -2.19. The van der Waals surface area contributed by atoms with Gasteiger partial charge in [0.2, 0.25) is 5.88 Å². The summed E-state index contributed by atoms with van der Waals surface area (Å²) in [6, 6.07) is 12.9. The Kier molecular flexibility index (Phi) is 6.16. The minimum atomic E-state index is -0.322. The lowest BCUT2D eigenvalue weighted by atomic mass is 9.87. The molecule has 1 aliphatic rings. The number of pyridine rings is 1. The molecule has 1 fully saturated rings. The number of amides is 1. The van der Waals surface area contributed by atoms with Gasteiger partial charge in [-0.05, 0) is 55.2 Å². The number of nitrogens with zero attached hydrogens (tertiary/aromatic N) is 3. The lowest BCUT2D eigenvalue weighted by Crippen LogP contribution is -2.34. The topological polar surface area (TPSA) is 63.9 Å². The van der Waals surface area contributed by atoms with Crippen LogP contribution in [0.3, 0.4) is 0 Å². The molecule has 3 aromatic rings. The summed E-state index contributed by atoms with van der Waals surface area (Å²) in [4.78, 5) is 32.8. The van der Waals surface area contributed by atoms with Crippen LogP contribution in [0, 0.1) is 0 Å². The molecule has 170 valence electrons. The molecule has 0 spiro atoms. The number of benzene rings is 1. The molecule has 0 saturated carbocycles. The normalized spacial score (nSPS) is 15.8. The fourth-order valence-electron chi connectivity index (χ4n) is 3.47. The number of thiocarbonyl (C=S) groups is 1. The molecule has 1 aliphatic heterocycles. The van der Waals surface area contributed by atoms with Gasteiger partial charge in [0.25, 0.3) is 11.5 Å². The first-order chi connectivity index (χ1) is 15.6. The zero-order chi connectivity index (χ0) is 23.9. The van der Waals surface area contributed by atoms with E-state index in [9.17, 15) is 9.59 Å². The van der Waals surface area contributed by atoms with E-state index in [1.807, 2.05) is 38.1 Å². The molecule has 0 radical (unpaired) electrons. The van der Waals surface area contributed by atoms with E-state index >= 15 is 0 Å². The number of thioether (sulfide) groups is 1. The number of carbonyl (C=O) groups excluding carboxylic acids is 1. The monoisotopic (exact) mass is 479 g/mol. The van der Waals surface area contributed by atoms with Crippen LogP contribution < -0.4 is 10.3 Å². The summed E-state index contributed by atoms with van der Waals surface area (Å²) in [6.07, 6.45) is 3.18. The van der Waals surface area contributed by atoms with Crippen LogP contribution in [0.25, 0.3) is 11.7 Å². The van der Waals surface area contributed by atoms with Crippen molar-refractivity contribution >= 4 is 45.9 Å². The molecule has 0 unspecified atom stereocenters. The molecule has 0 bridgehead atoms. The van der Waals surface area contributed by atoms with Crippen LogP contribution >= 0.6 is 24.0 Å². The summed E-state index contributed by atoms with van der Waals surface area (Å²) in [7, 11) is 0. The summed E-state index contributed by atoms with van der Waals surface area (Å²) in [6.45, 7) is 10.2. The Bertz CT molecular complexity index is 1340. The van der Waals surface area contributed by atoms with Gasteiger partial charge in [0.05, 0.1) is 4.91 Å². The molecule has 1 aromatic carbocycles. The predicted octanol–water partition coefficient (Wildman–Crippen LogP) is 5.39. The average Bonchev–Trinajstić information content (AvgIpc) is 3.03. The maximum Gasteiger partial charge on any atom is 0.269 e. The van der Waals surface area contributed by atoms with Crippen LogP contribution in [-0.2, 0) is 10.2 Å². The van der Waals surface area contributed by atoms with Crippen molar-refractivity contribution in [1.82, 2.24) is 14.3 Å². The van der Waals surface area contributed by atoms with Crippen molar-refractivity contribution in [2.45, 2.75) is 46.1 Å². The molecular weight excluding hydrogens is 454 g/mol. The van der Waals surface area contributed by atoms with Gasteiger partial charge in [-0.25, -0.2) is 0 Å². The molecule has 1 amide bonds. The number of hydrogen-bond donors (Lipinski definition) is 0. The van der Waals surface area contributed by atoms with E-state index in [4.69, 9.17) is 17.0 Å². The zero-order valence-electron chi connectivity index (χ0n) is 19.2. The van der Waals surface area contributed by atoms with Gasteiger partial charge in [-0.15, -0.1) is 0 Å². The Morgan fingerprint density at radius 2 is 1.79 bits per heavy atom. The van der Waals surface area contributed by atoms with Crippen molar-refractivity contribution in [1.29, 1.82) is 0 Å².